The average molecular weight is 419 g/mol. The molecule has 0 aromatic carbocycles. The first-order valence-corrected chi connectivity index (χ1v) is 11.3. The molecule has 4 rings (SSSR count). The highest BCUT2D eigenvalue weighted by Gasteiger charge is 2.42. The van der Waals surface area contributed by atoms with E-state index in [9.17, 15) is 9.59 Å². The number of hydrogen-bond acceptors (Lipinski definition) is 5. The van der Waals surface area contributed by atoms with Crippen LogP contribution in [0.2, 0.25) is 0 Å². The van der Waals surface area contributed by atoms with E-state index in [2.05, 4.69) is 20.9 Å². The Hall–Kier alpha value is -2.16. The van der Waals surface area contributed by atoms with Crippen molar-refractivity contribution in [2.75, 3.05) is 13.1 Å². The van der Waals surface area contributed by atoms with Gasteiger partial charge in [0.2, 0.25) is 5.91 Å². The Morgan fingerprint density at radius 3 is 2.80 bits per heavy atom. The fourth-order valence-corrected chi connectivity index (χ4v) is 4.81. The summed E-state index contributed by atoms with van der Waals surface area (Å²) in [6, 6.07) is 0.348. The van der Waals surface area contributed by atoms with Crippen LogP contribution in [0.3, 0.4) is 0 Å². The lowest BCUT2D eigenvalue weighted by atomic mass is 9.91. The van der Waals surface area contributed by atoms with Crippen molar-refractivity contribution >= 4 is 11.9 Å². The summed E-state index contributed by atoms with van der Waals surface area (Å²) >= 11 is 0. The molecule has 0 radical (unpaired) electrons. The summed E-state index contributed by atoms with van der Waals surface area (Å²) in [4.78, 5) is 26.6. The Morgan fingerprint density at radius 2 is 2.03 bits per heavy atom. The number of amides is 3. The molecule has 0 bridgehead atoms. The van der Waals surface area contributed by atoms with Gasteiger partial charge in [-0.05, 0) is 31.6 Å². The molecule has 2 N–H and O–H groups in total. The maximum atomic E-state index is 12.7. The van der Waals surface area contributed by atoms with Gasteiger partial charge < -0.3 is 20.3 Å². The number of aromatic nitrogens is 3. The maximum absolute atomic E-state index is 12.7. The quantitative estimate of drug-likeness (QED) is 0.761. The second kappa shape index (κ2) is 8.91. The summed E-state index contributed by atoms with van der Waals surface area (Å²) in [5, 5.41) is 14.7. The zero-order valence-electron chi connectivity index (χ0n) is 18.2. The number of carbonyl (C=O) groups is 2. The highest BCUT2D eigenvalue weighted by Crippen LogP contribution is 2.32. The lowest BCUT2D eigenvalue weighted by molar-refractivity contribution is -0.123. The first-order chi connectivity index (χ1) is 14.4. The van der Waals surface area contributed by atoms with E-state index in [-0.39, 0.29) is 11.9 Å². The topological polar surface area (TPSA) is 101 Å². The summed E-state index contributed by atoms with van der Waals surface area (Å²) in [5.74, 6) is 0.346. The van der Waals surface area contributed by atoms with Gasteiger partial charge in [-0.25, -0.2) is 9.48 Å². The summed E-state index contributed by atoms with van der Waals surface area (Å²) in [7, 11) is 0. The van der Waals surface area contributed by atoms with E-state index in [1.165, 1.54) is 12.8 Å². The first-order valence-electron chi connectivity index (χ1n) is 11.3. The van der Waals surface area contributed by atoms with Crippen LogP contribution in [-0.2, 0) is 29.2 Å². The molecular formula is C21H34N6O3. The van der Waals surface area contributed by atoms with E-state index in [1.807, 2.05) is 23.4 Å². The van der Waals surface area contributed by atoms with E-state index in [1.54, 1.807) is 0 Å². The molecule has 3 heterocycles. The van der Waals surface area contributed by atoms with Gasteiger partial charge in [0, 0.05) is 19.0 Å². The number of piperidine rings is 1. The molecule has 1 aliphatic carbocycles. The van der Waals surface area contributed by atoms with Crippen LogP contribution in [0.4, 0.5) is 4.79 Å². The normalized spacial score (nSPS) is 24.3. The third kappa shape index (κ3) is 4.77. The highest BCUT2D eigenvalue weighted by atomic mass is 16.5. The summed E-state index contributed by atoms with van der Waals surface area (Å²) in [6.07, 6.45) is 6.89. The van der Waals surface area contributed by atoms with Crippen LogP contribution in [0.5, 0.6) is 0 Å². The molecule has 9 heteroatoms. The van der Waals surface area contributed by atoms with Crippen LogP contribution >= 0.6 is 0 Å². The van der Waals surface area contributed by atoms with Crippen LogP contribution in [-0.4, -0.2) is 56.6 Å². The molecule has 1 atom stereocenters. The number of urea groups is 1. The number of hydrogen-bond donors (Lipinski definition) is 2. The van der Waals surface area contributed by atoms with E-state index in [4.69, 9.17) is 4.74 Å². The van der Waals surface area contributed by atoms with Gasteiger partial charge in [0.1, 0.15) is 11.3 Å². The van der Waals surface area contributed by atoms with Crippen LogP contribution in [0.15, 0.2) is 0 Å². The number of rotatable bonds is 5. The number of nitrogens with one attached hydrogen (secondary N) is 2. The molecule has 1 aromatic rings. The molecule has 30 heavy (non-hydrogen) atoms. The van der Waals surface area contributed by atoms with Crippen molar-refractivity contribution in [2.24, 2.45) is 5.92 Å². The molecule has 9 nitrogen and oxygen atoms in total. The molecule has 1 spiro atoms. The van der Waals surface area contributed by atoms with Crippen LogP contribution in [0.25, 0.3) is 0 Å². The third-order valence-corrected chi connectivity index (χ3v) is 6.43. The monoisotopic (exact) mass is 418 g/mol. The van der Waals surface area contributed by atoms with Gasteiger partial charge in [0.25, 0.3) is 0 Å². The van der Waals surface area contributed by atoms with E-state index in [0.29, 0.717) is 44.6 Å². The minimum Gasteiger partial charge on any atom is -0.365 e. The molecule has 1 saturated heterocycles. The SMILES string of the molecule is CC(C)CC(=O)NCc1nnn2c1COC1(CCCN(C(=O)NC3CCCC3)C1)C2. The number of ether oxygens (including phenoxy) is 1. The fraction of sp³-hybridized carbons (Fsp3) is 0.810. The van der Waals surface area contributed by atoms with Gasteiger partial charge in [-0.1, -0.05) is 31.9 Å². The Balaban J connectivity index is 1.35. The molecule has 1 aromatic heterocycles. The van der Waals surface area contributed by atoms with Gasteiger partial charge >= 0.3 is 6.03 Å². The fourth-order valence-electron chi connectivity index (χ4n) is 4.81. The van der Waals surface area contributed by atoms with Gasteiger partial charge in [0.15, 0.2) is 0 Å². The van der Waals surface area contributed by atoms with Gasteiger partial charge in [-0.15, -0.1) is 5.10 Å². The number of fused-ring (bicyclic) bond motifs is 1. The van der Waals surface area contributed by atoms with Gasteiger partial charge in [-0.2, -0.15) is 0 Å². The Kier molecular flexibility index (Phi) is 6.26. The summed E-state index contributed by atoms with van der Waals surface area (Å²) < 4.78 is 8.21. The third-order valence-electron chi connectivity index (χ3n) is 6.43. The molecular weight excluding hydrogens is 384 g/mol. The van der Waals surface area contributed by atoms with E-state index >= 15 is 0 Å². The summed E-state index contributed by atoms with van der Waals surface area (Å²) in [5.41, 5.74) is 1.26. The molecule has 2 fully saturated rings. The van der Waals surface area contributed by atoms with Crippen molar-refractivity contribution in [1.29, 1.82) is 0 Å². The zero-order valence-corrected chi connectivity index (χ0v) is 18.2. The maximum Gasteiger partial charge on any atom is 0.317 e. The Morgan fingerprint density at radius 1 is 1.23 bits per heavy atom. The molecule has 3 amide bonds. The number of nitrogens with zero attached hydrogens (tertiary/aromatic N) is 4. The van der Waals surface area contributed by atoms with Crippen molar-refractivity contribution in [3.05, 3.63) is 11.4 Å². The van der Waals surface area contributed by atoms with Crippen LogP contribution in [0, 0.1) is 5.92 Å². The molecule has 1 saturated carbocycles. The first kappa shape index (κ1) is 21.1. The van der Waals surface area contributed by atoms with Crippen LogP contribution < -0.4 is 10.6 Å². The number of carbonyl (C=O) groups excluding carboxylic acids is 2. The van der Waals surface area contributed by atoms with Crippen molar-refractivity contribution in [3.63, 3.8) is 0 Å². The summed E-state index contributed by atoms with van der Waals surface area (Å²) in [6.45, 7) is 6.74. The second-order valence-electron chi connectivity index (χ2n) is 9.44. The number of likely N-dealkylation sites (tertiary alicyclic amines) is 1. The Labute approximate surface area is 177 Å². The van der Waals surface area contributed by atoms with Crippen molar-refractivity contribution < 1.29 is 14.3 Å². The van der Waals surface area contributed by atoms with Crippen molar-refractivity contribution in [2.45, 2.75) is 90.1 Å². The van der Waals surface area contributed by atoms with E-state index in [0.717, 1.165) is 43.6 Å². The molecule has 3 aliphatic rings. The standard InChI is InChI=1S/C21H34N6O3/c1-15(2)10-19(28)22-11-17-18-12-30-21(14-27(18)25-24-17)8-5-9-26(13-21)20(29)23-16-6-3-4-7-16/h15-16H,3-14H2,1-2H3,(H,22,28)(H,23,29). The largest absolute Gasteiger partial charge is 0.365 e. The van der Waals surface area contributed by atoms with Gasteiger partial charge in [-0.3, -0.25) is 4.79 Å². The zero-order chi connectivity index (χ0) is 21.1. The second-order valence-corrected chi connectivity index (χ2v) is 9.44. The van der Waals surface area contributed by atoms with Crippen molar-refractivity contribution in [3.8, 4) is 0 Å². The molecule has 1 unspecified atom stereocenters. The smallest absolute Gasteiger partial charge is 0.317 e. The predicted octanol–water partition coefficient (Wildman–Crippen LogP) is 1.96. The minimum absolute atomic E-state index is 0.0242. The van der Waals surface area contributed by atoms with E-state index < -0.39 is 5.60 Å². The molecule has 2 aliphatic heterocycles. The predicted molar refractivity (Wildman–Crippen MR) is 110 cm³/mol. The van der Waals surface area contributed by atoms with Crippen LogP contribution in [0.1, 0.15) is 70.2 Å². The minimum atomic E-state index is -0.413. The Bertz CT molecular complexity index is 773. The lowest BCUT2D eigenvalue weighted by Gasteiger charge is -2.44. The molecule has 166 valence electrons. The lowest BCUT2D eigenvalue weighted by Crippen LogP contribution is -2.58. The van der Waals surface area contributed by atoms with Crippen molar-refractivity contribution in [1.82, 2.24) is 30.5 Å². The van der Waals surface area contributed by atoms with Gasteiger partial charge in [0.05, 0.1) is 31.9 Å². The average Bonchev–Trinajstić information content (AvgIpc) is 3.35. The highest BCUT2D eigenvalue weighted by molar-refractivity contribution is 5.76.